The van der Waals surface area contributed by atoms with Crippen molar-refractivity contribution in [2.45, 2.75) is 0 Å². The van der Waals surface area contributed by atoms with Crippen LogP contribution in [0.15, 0.2) is 66.7 Å². The van der Waals surface area contributed by atoms with Crippen molar-refractivity contribution in [3.63, 3.8) is 0 Å². The number of benzene rings is 3. The van der Waals surface area contributed by atoms with Crippen LogP contribution in [0.4, 0.5) is 17.1 Å². The molecule has 36 heavy (non-hydrogen) atoms. The quantitative estimate of drug-likeness (QED) is 0.394. The van der Waals surface area contributed by atoms with Gasteiger partial charge in [-0.1, -0.05) is 18.2 Å². The van der Waals surface area contributed by atoms with E-state index in [2.05, 4.69) is 5.32 Å². The normalized spacial score (nSPS) is 13.2. The van der Waals surface area contributed by atoms with Crippen LogP contribution in [0.3, 0.4) is 0 Å². The number of hydrogen-bond donors (Lipinski definition) is 1. The number of carbonyl (C=O) groups excluding carboxylic acids is 2. The molecule has 1 aliphatic heterocycles. The maximum absolute atomic E-state index is 13.1. The molecule has 0 atom stereocenters. The number of ether oxygens (including phenoxy) is 2. The van der Waals surface area contributed by atoms with Crippen molar-refractivity contribution < 1.29 is 24.0 Å². The number of nitrogens with zero attached hydrogens (tertiary/aromatic N) is 3. The number of hydrogen-bond acceptors (Lipinski definition) is 7. The Morgan fingerprint density at radius 3 is 1.92 bits per heavy atom. The van der Waals surface area contributed by atoms with Gasteiger partial charge in [-0.2, -0.15) is 0 Å². The van der Waals surface area contributed by atoms with E-state index in [0.717, 1.165) is 0 Å². The molecule has 2 amide bonds. The van der Waals surface area contributed by atoms with Crippen LogP contribution < -0.4 is 14.8 Å². The van der Waals surface area contributed by atoms with Gasteiger partial charge in [-0.15, -0.1) is 0 Å². The minimum atomic E-state index is -0.512. The highest BCUT2D eigenvalue weighted by atomic mass is 16.6. The average Bonchev–Trinajstić information content (AvgIpc) is 2.92. The lowest BCUT2D eigenvalue weighted by Gasteiger charge is -2.35. The molecule has 0 spiro atoms. The molecule has 0 bridgehead atoms. The fourth-order valence-corrected chi connectivity index (χ4v) is 4.05. The molecule has 1 fully saturated rings. The number of anilines is 2. The molecule has 1 heterocycles. The van der Waals surface area contributed by atoms with E-state index in [4.69, 9.17) is 9.47 Å². The summed E-state index contributed by atoms with van der Waals surface area (Å²) < 4.78 is 10.5. The van der Waals surface area contributed by atoms with Gasteiger partial charge in [-0.25, -0.2) is 0 Å². The largest absolute Gasteiger partial charge is 0.493 e. The van der Waals surface area contributed by atoms with E-state index in [1.165, 1.54) is 26.4 Å². The highest BCUT2D eigenvalue weighted by molar-refractivity contribution is 5.97. The molecule has 1 saturated heterocycles. The monoisotopic (exact) mass is 490 g/mol. The Morgan fingerprint density at radius 2 is 1.36 bits per heavy atom. The third kappa shape index (κ3) is 5.22. The molecule has 10 nitrogen and oxygen atoms in total. The second-order valence-corrected chi connectivity index (χ2v) is 8.13. The van der Waals surface area contributed by atoms with Crippen LogP contribution in [0, 0.1) is 10.1 Å². The van der Waals surface area contributed by atoms with E-state index in [-0.39, 0.29) is 23.1 Å². The van der Waals surface area contributed by atoms with Crippen molar-refractivity contribution >= 4 is 28.9 Å². The standard InChI is InChI=1S/C26H26N4O6/c1-35-23-11-9-19(17-24(23)36-2)26(32)29-14-12-28(13-15-29)25(31)18-8-10-21(22(16-18)30(33)34)27-20-6-4-3-5-7-20/h3-11,16-17,27H,12-15H2,1-2H3. The topological polar surface area (TPSA) is 114 Å². The lowest BCUT2D eigenvalue weighted by Crippen LogP contribution is -2.50. The van der Waals surface area contributed by atoms with Gasteiger partial charge in [0.2, 0.25) is 0 Å². The van der Waals surface area contributed by atoms with Crippen molar-refractivity contribution in [2.24, 2.45) is 0 Å². The van der Waals surface area contributed by atoms with Crippen molar-refractivity contribution in [1.29, 1.82) is 0 Å². The zero-order valence-corrected chi connectivity index (χ0v) is 20.0. The summed E-state index contributed by atoms with van der Waals surface area (Å²) in [6.07, 6.45) is 0. The molecule has 3 aromatic carbocycles. The Morgan fingerprint density at radius 1 is 0.806 bits per heavy atom. The van der Waals surface area contributed by atoms with Gasteiger partial charge in [-0.05, 0) is 42.5 Å². The average molecular weight is 491 g/mol. The van der Waals surface area contributed by atoms with Crippen molar-refractivity contribution in [3.05, 3.63) is 88.0 Å². The molecule has 1 aliphatic rings. The summed E-state index contributed by atoms with van der Waals surface area (Å²) in [6, 6.07) is 18.5. The van der Waals surface area contributed by atoms with Gasteiger partial charge in [-0.3, -0.25) is 19.7 Å². The Kier molecular flexibility index (Phi) is 7.33. The zero-order chi connectivity index (χ0) is 25.7. The lowest BCUT2D eigenvalue weighted by atomic mass is 10.1. The Hall–Kier alpha value is -4.60. The molecule has 10 heteroatoms. The van der Waals surface area contributed by atoms with Gasteiger partial charge in [0.15, 0.2) is 11.5 Å². The van der Waals surface area contributed by atoms with Gasteiger partial charge in [0.1, 0.15) is 5.69 Å². The first-order valence-corrected chi connectivity index (χ1v) is 11.3. The number of piperazine rings is 1. The van der Waals surface area contributed by atoms with Crippen molar-refractivity contribution in [2.75, 3.05) is 45.7 Å². The fourth-order valence-electron chi connectivity index (χ4n) is 4.05. The van der Waals surface area contributed by atoms with E-state index in [0.29, 0.717) is 54.6 Å². The van der Waals surface area contributed by atoms with E-state index >= 15 is 0 Å². The molecule has 3 aromatic rings. The minimum absolute atomic E-state index is 0.171. The number of amides is 2. The molecule has 0 unspecified atom stereocenters. The maximum Gasteiger partial charge on any atom is 0.293 e. The Labute approximate surface area is 208 Å². The van der Waals surface area contributed by atoms with Crippen LogP contribution in [-0.4, -0.2) is 66.9 Å². The number of rotatable bonds is 7. The zero-order valence-electron chi connectivity index (χ0n) is 20.0. The summed E-state index contributed by atoms with van der Waals surface area (Å²) in [7, 11) is 3.03. The molecule has 0 saturated carbocycles. The molecular weight excluding hydrogens is 464 g/mol. The first kappa shape index (κ1) is 24.5. The predicted molar refractivity (Wildman–Crippen MR) is 134 cm³/mol. The summed E-state index contributed by atoms with van der Waals surface area (Å²) in [4.78, 5) is 40.5. The third-order valence-corrected chi connectivity index (χ3v) is 5.98. The summed E-state index contributed by atoms with van der Waals surface area (Å²) in [5.41, 5.74) is 1.50. The predicted octanol–water partition coefficient (Wildman–Crippen LogP) is 3.95. The van der Waals surface area contributed by atoms with Crippen molar-refractivity contribution in [1.82, 2.24) is 9.80 Å². The Bertz CT molecular complexity index is 1270. The summed E-state index contributed by atoms with van der Waals surface area (Å²) >= 11 is 0. The van der Waals surface area contributed by atoms with Gasteiger partial charge in [0.25, 0.3) is 17.5 Å². The van der Waals surface area contributed by atoms with Crippen LogP contribution in [0.1, 0.15) is 20.7 Å². The summed E-state index contributed by atoms with van der Waals surface area (Å²) in [5.74, 6) is 0.505. The van der Waals surface area contributed by atoms with Gasteiger partial charge in [0, 0.05) is 49.1 Å². The van der Waals surface area contributed by atoms with Gasteiger partial charge in [0.05, 0.1) is 19.1 Å². The smallest absolute Gasteiger partial charge is 0.293 e. The van der Waals surface area contributed by atoms with E-state index in [1.54, 1.807) is 46.2 Å². The number of methoxy groups -OCH3 is 2. The number of para-hydroxylation sites is 1. The number of carbonyl (C=O) groups is 2. The first-order valence-electron chi connectivity index (χ1n) is 11.3. The van der Waals surface area contributed by atoms with Crippen LogP contribution in [0.25, 0.3) is 0 Å². The highest BCUT2D eigenvalue weighted by Crippen LogP contribution is 2.30. The van der Waals surface area contributed by atoms with Crippen LogP contribution >= 0.6 is 0 Å². The fraction of sp³-hybridized carbons (Fsp3) is 0.231. The van der Waals surface area contributed by atoms with Crippen LogP contribution in [0.5, 0.6) is 11.5 Å². The number of nitro groups is 1. The molecular formula is C26H26N4O6. The molecule has 186 valence electrons. The third-order valence-electron chi connectivity index (χ3n) is 5.98. The van der Waals surface area contributed by atoms with Crippen LogP contribution in [0.2, 0.25) is 0 Å². The van der Waals surface area contributed by atoms with Gasteiger partial charge >= 0.3 is 0 Å². The molecule has 1 N–H and O–H groups in total. The maximum atomic E-state index is 13.1. The van der Waals surface area contributed by atoms with E-state index in [1.807, 2.05) is 18.2 Å². The second-order valence-electron chi connectivity index (χ2n) is 8.13. The molecule has 0 aliphatic carbocycles. The number of nitro benzene ring substituents is 1. The first-order chi connectivity index (χ1) is 17.4. The minimum Gasteiger partial charge on any atom is -0.493 e. The van der Waals surface area contributed by atoms with E-state index < -0.39 is 4.92 Å². The lowest BCUT2D eigenvalue weighted by molar-refractivity contribution is -0.383. The second kappa shape index (κ2) is 10.8. The van der Waals surface area contributed by atoms with Gasteiger partial charge < -0.3 is 24.6 Å². The van der Waals surface area contributed by atoms with E-state index in [9.17, 15) is 19.7 Å². The summed E-state index contributed by atoms with van der Waals surface area (Å²) in [6.45, 7) is 1.31. The molecule has 0 radical (unpaired) electrons. The molecule has 4 rings (SSSR count). The summed E-state index contributed by atoms with van der Waals surface area (Å²) in [5, 5.41) is 14.7. The SMILES string of the molecule is COc1ccc(C(=O)N2CCN(C(=O)c3ccc(Nc4ccccc4)c([N+](=O)[O-])c3)CC2)cc1OC. The highest BCUT2D eigenvalue weighted by Gasteiger charge is 2.27. The van der Waals surface area contributed by atoms with Crippen molar-refractivity contribution in [3.8, 4) is 11.5 Å². The van der Waals surface area contributed by atoms with Crippen LogP contribution in [-0.2, 0) is 0 Å². The molecule has 0 aromatic heterocycles. The Balaban J connectivity index is 1.43. The number of nitrogens with one attached hydrogen (secondary N) is 1.